The highest BCUT2D eigenvalue weighted by Crippen LogP contribution is 2.33. The highest BCUT2D eigenvalue weighted by Gasteiger charge is 2.35. The molecule has 6 nitrogen and oxygen atoms in total. The number of carbonyl (C=O) groups excluding carboxylic acids is 1. The van der Waals surface area contributed by atoms with E-state index < -0.39 is 0 Å². The van der Waals surface area contributed by atoms with Gasteiger partial charge in [-0.3, -0.25) is 4.79 Å². The van der Waals surface area contributed by atoms with Gasteiger partial charge in [-0.1, -0.05) is 0 Å². The second kappa shape index (κ2) is 6.63. The summed E-state index contributed by atoms with van der Waals surface area (Å²) in [6.07, 6.45) is 6.77. The molecule has 1 aromatic rings. The minimum absolute atomic E-state index is 0.0295. The Morgan fingerprint density at radius 3 is 2.95 bits per heavy atom. The monoisotopic (exact) mass is 320 g/mol. The van der Waals surface area contributed by atoms with Crippen molar-refractivity contribution < 1.29 is 9.53 Å². The van der Waals surface area contributed by atoms with E-state index in [2.05, 4.69) is 16.5 Å². The molecule has 2 aliphatic rings. The minimum atomic E-state index is -0.143. The van der Waals surface area contributed by atoms with Gasteiger partial charge in [-0.25, -0.2) is 4.98 Å². The van der Waals surface area contributed by atoms with Crippen LogP contribution in [-0.2, 0) is 9.53 Å². The average molecular weight is 320 g/mol. The molecule has 0 aliphatic carbocycles. The van der Waals surface area contributed by atoms with Crippen LogP contribution < -0.4 is 5.32 Å². The highest BCUT2D eigenvalue weighted by molar-refractivity contribution is 7.15. The summed E-state index contributed by atoms with van der Waals surface area (Å²) in [6.45, 7) is 4.18. The molecule has 0 aromatic carbocycles. The van der Waals surface area contributed by atoms with Crippen molar-refractivity contribution in [1.82, 2.24) is 9.88 Å². The van der Waals surface area contributed by atoms with E-state index >= 15 is 0 Å². The number of hydrogen-bond donors (Lipinski definition) is 1. The van der Waals surface area contributed by atoms with Crippen LogP contribution in [0.1, 0.15) is 37.0 Å². The van der Waals surface area contributed by atoms with Crippen molar-refractivity contribution in [2.45, 2.75) is 38.1 Å². The number of likely N-dealkylation sites (tertiary alicyclic amines) is 1. The van der Waals surface area contributed by atoms with Gasteiger partial charge in [-0.2, -0.15) is 5.26 Å². The number of nitriles is 1. The third-order valence-electron chi connectivity index (χ3n) is 4.60. The fourth-order valence-electron chi connectivity index (χ4n) is 3.14. The smallest absolute Gasteiger partial charge is 0.231 e. The van der Waals surface area contributed by atoms with Crippen LogP contribution in [-0.4, -0.2) is 41.6 Å². The predicted molar refractivity (Wildman–Crippen MR) is 83.4 cm³/mol. The van der Waals surface area contributed by atoms with Gasteiger partial charge in [0.2, 0.25) is 5.91 Å². The highest BCUT2D eigenvalue weighted by atomic mass is 32.1. The number of amides is 1. The molecule has 1 N–H and O–H groups in total. The number of anilines is 1. The van der Waals surface area contributed by atoms with Gasteiger partial charge in [-0.15, -0.1) is 11.3 Å². The number of hydrogen-bond acceptors (Lipinski definition) is 6. The second-order valence-corrected chi connectivity index (χ2v) is 6.94. The molecule has 22 heavy (non-hydrogen) atoms. The number of carbonyl (C=O) groups is 1. The fraction of sp³-hybridized carbons (Fsp3) is 0.667. The van der Waals surface area contributed by atoms with Crippen LogP contribution in [0.5, 0.6) is 0 Å². The van der Waals surface area contributed by atoms with Crippen LogP contribution in [0, 0.1) is 17.4 Å². The lowest BCUT2D eigenvalue weighted by atomic mass is 9.99. The zero-order valence-electron chi connectivity index (χ0n) is 12.6. The second-order valence-electron chi connectivity index (χ2n) is 5.87. The third kappa shape index (κ3) is 3.08. The van der Waals surface area contributed by atoms with Gasteiger partial charge in [0.05, 0.1) is 5.92 Å². The van der Waals surface area contributed by atoms with Gasteiger partial charge in [0.25, 0.3) is 0 Å². The lowest BCUT2D eigenvalue weighted by molar-refractivity contribution is -0.120. The predicted octanol–water partition coefficient (Wildman–Crippen LogP) is 2.17. The Balaban J connectivity index is 1.60. The van der Waals surface area contributed by atoms with Crippen LogP contribution >= 0.6 is 11.3 Å². The van der Waals surface area contributed by atoms with Gasteiger partial charge < -0.3 is 15.0 Å². The summed E-state index contributed by atoms with van der Waals surface area (Å²) in [5, 5.41) is 12.6. The van der Waals surface area contributed by atoms with Crippen LogP contribution in [0.2, 0.25) is 0 Å². The summed E-state index contributed by atoms with van der Waals surface area (Å²) < 4.78 is 5.38. The zero-order valence-corrected chi connectivity index (χ0v) is 13.4. The summed E-state index contributed by atoms with van der Waals surface area (Å²) >= 11 is 1.56. The molecule has 2 aliphatic heterocycles. The van der Waals surface area contributed by atoms with Crippen LogP contribution in [0.3, 0.4) is 0 Å². The molecule has 0 spiro atoms. The molecule has 0 bridgehead atoms. The first-order chi connectivity index (χ1) is 10.7. The summed E-state index contributed by atoms with van der Waals surface area (Å²) in [5.41, 5.74) is 0. The van der Waals surface area contributed by atoms with Crippen LogP contribution in [0.15, 0.2) is 6.20 Å². The largest absolute Gasteiger partial charge is 0.381 e. The Morgan fingerprint density at radius 2 is 2.27 bits per heavy atom. The Labute approximate surface area is 134 Å². The summed E-state index contributed by atoms with van der Waals surface area (Å²) in [6, 6.07) is -0.0417. The number of nitrogens with one attached hydrogen (secondary N) is 1. The molecule has 1 aromatic heterocycles. The van der Waals surface area contributed by atoms with E-state index in [1.165, 1.54) is 4.88 Å². The lowest BCUT2D eigenvalue weighted by Gasteiger charge is -2.20. The standard InChI is InChI=1S/C15H20N4O2S/c1-10-12(2-5-19(10)9-16)14(20)18-15-17-8-13(22-15)11-3-6-21-7-4-11/h8,10-12H,2-7H2,1H3,(H,17,18,20). The summed E-state index contributed by atoms with van der Waals surface area (Å²) in [7, 11) is 0. The molecule has 2 unspecified atom stereocenters. The topological polar surface area (TPSA) is 78.2 Å². The van der Waals surface area contributed by atoms with E-state index in [0.717, 1.165) is 32.5 Å². The average Bonchev–Trinajstić information content (AvgIpc) is 3.14. The number of aromatic nitrogens is 1. The van der Waals surface area contributed by atoms with Crippen molar-refractivity contribution in [2.24, 2.45) is 5.92 Å². The van der Waals surface area contributed by atoms with Gasteiger partial charge in [0, 0.05) is 36.9 Å². The first kappa shape index (κ1) is 15.3. The van der Waals surface area contributed by atoms with Crippen LogP contribution in [0.25, 0.3) is 0 Å². The molecule has 0 saturated carbocycles. The number of nitrogens with zero attached hydrogens (tertiary/aromatic N) is 3. The Bertz CT molecular complexity index is 576. The Kier molecular flexibility index (Phi) is 4.60. The van der Waals surface area contributed by atoms with Crippen molar-refractivity contribution in [2.75, 3.05) is 25.1 Å². The molecule has 2 fully saturated rings. The van der Waals surface area contributed by atoms with Crippen LogP contribution in [0.4, 0.5) is 5.13 Å². The van der Waals surface area contributed by atoms with Crippen molar-refractivity contribution >= 4 is 22.4 Å². The van der Waals surface area contributed by atoms with Gasteiger partial charge >= 0.3 is 0 Å². The molecule has 7 heteroatoms. The Morgan fingerprint density at radius 1 is 1.50 bits per heavy atom. The zero-order chi connectivity index (χ0) is 15.5. The summed E-state index contributed by atoms with van der Waals surface area (Å²) in [4.78, 5) is 19.6. The molecule has 3 rings (SSSR count). The molecular weight excluding hydrogens is 300 g/mol. The molecule has 2 atom stereocenters. The lowest BCUT2D eigenvalue weighted by Crippen LogP contribution is -2.32. The van der Waals surface area contributed by atoms with E-state index in [0.29, 0.717) is 17.6 Å². The Hall–Kier alpha value is -1.65. The first-order valence-electron chi connectivity index (χ1n) is 7.69. The van der Waals surface area contributed by atoms with Crippen molar-refractivity contribution in [1.29, 1.82) is 5.26 Å². The maximum absolute atomic E-state index is 12.4. The molecule has 1 amide bonds. The number of rotatable bonds is 3. The maximum Gasteiger partial charge on any atom is 0.231 e. The fourth-order valence-corrected chi connectivity index (χ4v) is 4.13. The molecular formula is C15H20N4O2S. The summed E-state index contributed by atoms with van der Waals surface area (Å²) in [5.74, 6) is 0.324. The molecule has 3 heterocycles. The van der Waals surface area contributed by atoms with Crippen molar-refractivity contribution in [3.05, 3.63) is 11.1 Å². The minimum Gasteiger partial charge on any atom is -0.381 e. The van der Waals surface area contributed by atoms with Crippen molar-refractivity contribution in [3.63, 3.8) is 0 Å². The molecule has 118 valence electrons. The quantitative estimate of drug-likeness (QED) is 0.864. The van der Waals surface area contributed by atoms with E-state index in [4.69, 9.17) is 10.00 Å². The van der Waals surface area contributed by atoms with E-state index in [1.807, 2.05) is 13.1 Å². The molecule has 2 saturated heterocycles. The first-order valence-corrected chi connectivity index (χ1v) is 8.51. The third-order valence-corrected chi connectivity index (χ3v) is 5.67. The normalized spacial score (nSPS) is 25.9. The van der Waals surface area contributed by atoms with E-state index in [1.54, 1.807) is 16.2 Å². The van der Waals surface area contributed by atoms with Gasteiger partial charge in [0.15, 0.2) is 11.3 Å². The number of thiazole rings is 1. The van der Waals surface area contributed by atoms with Gasteiger partial charge in [0.1, 0.15) is 0 Å². The number of ether oxygens (including phenoxy) is 1. The molecule has 0 radical (unpaired) electrons. The van der Waals surface area contributed by atoms with Crippen molar-refractivity contribution in [3.8, 4) is 6.19 Å². The van der Waals surface area contributed by atoms with E-state index in [-0.39, 0.29) is 17.9 Å². The SMILES string of the molecule is CC1C(C(=O)Nc2ncc(C3CCOCC3)s2)CCN1C#N. The maximum atomic E-state index is 12.4. The van der Waals surface area contributed by atoms with Gasteiger partial charge in [-0.05, 0) is 32.1 Å². The van der Waals surface area contributed by atoms with E-state index in [9.17, 15) is 4.79 Å².